The molecule has 0 saturated heterocycles. The van der Waals surface area contributed by atoms with Gasteiger partial charge >= 0.3 is 0 Å². The lowest BCUT2D eigenvalue weighted by molar-refractivity contribution is 0.718. The van der Waals surface area contributed by atoms with Crippen LogP contribution in [0.4, 0.5) is 11.6 Å². The molecular formula is C13H16ClN5S. The molecule has 20 heavy (non-hydrogen) atoms. The number of nitrogen functional groups attached to an aromatic ring is 2. The fourth-order valence-electron chi connectivity index (χ4n) is 1.66. The molecule has 0 spiro atoms. The summed E-state index contributed by atoms with van der Waals surface area (Å²) in [6.07, 6.45) is 0. The van der Waals surface area contributed by atoms with Crippen LogP contribution < -0.4 is 16.8 Å². The van der Waals surface area contributed by atoms with Crippen LogP contribution in [0.3, 0.4) is 0 Å². The van der Waals surface area contributed by atoms with Gasteiger partial charge in [-0.3, -0.25) is 0 Å². The molecule has 0 amide bonds. The van der Waals surface area contributed by atoms with Crippen LogP contribution in [0.15, 0.2) is 34.3 Å². The number of anilines is 2. The van der Waals surface area contributed by atoms with E-state index in [1.807, 2.05) is 25.1 Å². The van der Waals surface area contributed by atoms with Crippen molar-refractivity contribution in [2.45, 2.75) is 23.5 Å². The second kappa shape index (κ2) is 6.78. The van der Waals surface area contributed by atoms with Crippen molar-refractivity contribution in [1.29, 1.82) is 0 Å². The van der Waals surface area contributed by atoms with Gasteiger partial charge in [-0.2, -0.15) is 0 Å². The van der Waals surface area contributed by atoms with Gasteiger partial charge in [0, 0.05) is 22.5 Å². The summed E-state index contributed by atoms with van der Waals surface area (Å²) >= 11 is 7.65. The van der Waals surface area contributed by atoms with Crippen LogP contribution in [0.25, 0.3) is 0 Å². The van der Waals surface area contributed by atoms with E-state index in [1.54, 1.807) is 0 Å². The van der Waals surface area contributed by atoms with Crippen molar-refractivity contribution in [3.8, 4) is 0 Å². The number of halogens is 1. The molecule has 0 unspecified atom stereocenters. The zero-order valence-electron chi connectivity index (χ0n) is 11.1. The molecular weight excluding hydrogens is 294 g/mol. The molecule has 2 aromatic rings. The number of benzene rings is 1. The Morgan fingerprint density at radius 1 is 1.25 bits per heavy atom. The number of rotatable bonds is 5. The minimum absolute atomic E-state index is 0.357. The summed E-state index contributed by atoms with van der Waals surface area (Å²) in [5.41, 5.74) is 12.4. The Labute approximate surface area is 127 Å². The van der Waals surface area contributed by atoms with E-state index < -0.39 is 0 Å². The van der Waals surface area contributed by atoms with Crippen molar-refractivity contribution in [2.75, 3.05) is 18.0 Å². The summed E-state index contributed by atoms with van der Waals surface area (Å²) in [6, 6.07) is 7.27. The van der Waals surface area contributed by atoms with Crippen LogP contribution in [0.5, 0.6) is 0 Å². The highest BCUT2D eigenvalue weighted by molar-refractivity contribution is 7.99. The largest absolute Gasteiger partial charge is 0.383 e. The van der Waals surface area contributed by atoms with Gasteiger partial charge in [0.2, 0.25) is 0 Å². The number of hydrogen-bond donors (Lipinski definition) is 3. The normalized spacial score (nSPS) is 10.7. The highest BCUT2D eigenvalue weighted by atomic mass is 35.5. The first-order valence-electron chi connectivity index (χ1n) is 6.16. The number of nitrogens with zero attached hydrogens (tertiary/aromatic N) is 2. The second-order valence-electron chi connectivity index (χ2n) is 4.10. The maximum Gasteiger partial charge on any atom is 0.196 e. The van der Waals surface area contributed by atoms with Crippen molar-refractivity contribution in [2.24, 2.45) is 0 Å². The third-order valence-electron chi connectivity index (χ3n) is 2.57. The lowest BCUT2D eigenvalue weighted by atomic mass is 10.2. The minimum Gasteiger partial charge on any atom is -0.383 e. The fraction of sp³-hybridized carbons (Fsp3) is 0.231. The molecule has 0 aliphatic carbocycles. The van der Waals surface area contributed by atoms with Gasteiger partial charge in [-0.1, -0.05) is 24.6 Å². The Kier molecular flexibility index (Phi) is 5.05. The number of nitrogens with one attached hydrogen (secondary N) is 1. The second-order valence-corrected chi connectivity index (χ2v) is 5.52. The highest BCUT2D eigenvalue weighted by Gasteiger charge is 2.10. The predicted molar refractivity (Wildman–Crippen MR) is 83.8 cm³/mol. The third kappa shape index (κ3) is 3.75. The first-order chi connectivity index (χ1) is 9.60. The van der Waals surface area contributed by atoms with Gasteiger partial charge in [0.25, 0.3) is 0 Å². The van der Waals surface area contributed by atoms with Crippen molar-refractivity contribution >= 4 is 35.0 Å². The molecule has 1 aromatic heterocycles. The maximum absolute atomic E-state index is 6.25. The van der Waals surface area contributed by atoms with Gasteiger partial charge < -0.3 is 16.8 Å². The van der Waals surface area contributed by atoms with Crippen LogP contribution in [-0.4, -0.2) is 16.5 Å². The van der Waals surface area contributed by atoms with Gasteiger partial charge in [0.15, 0.2) is 5.16 Å². The Balaban J connectivity index is 2.30. The van der Waals surface area contributed by atoms with Crippen molar-refractivity contribution in [1.82, 2.24) is 15.3 Å². The average molecular weight is 310 g/mol. The molecule has 2 rings (SSSR count). The fourth-order valence-corrected chi connectivity index (χ4v) is 2.91. The summed E-state index contributed by atoms with van der Waals surface area (Å²) in [6.45, 7) is 3.61. The summed E-state index contributed by atoms with van der Waals surface area (Å²) < 4.78 is 0. The Morgan fingerprint density at radius 3 is 2.60 bits per heavy atom. The summed E-state index contributed by atoms with van der Waals surface area (Å²) in [7, 11) is 0. The molecule has 0 aliphatic rings. The first kappa shape index (κ1) is 14.9. The van der Waals surface area contributed by atoms with E-state index in [0.717, 1.165) is 17.0 Å². The van der Waals surface area contributed by atoms with E-state index in [9.17, 15) is 0 Å². The maximum atomic E-state index is 6.25. The van der Waals surface area contributed by atoms with E-state index in [4.69, 9.17) is 23.1 Å². The highest BCUT2D eigenvalue weighted by Crippen LogP contribution is 2.32. The third-order valence-corrected chi connectivity index (χ3v) is 3.90. The average Bonchev–Trinajstić information content (AvgIpc) is 2.37. The smallest absolute Gasteiger partial charge is 0.196 e. The molecule has 0 fully saturated rings. The van der Waals surface area contributed by atoms with E-state index in [0.29, 0.717) is 28.4 Å². The summed E-state index contributed by atoms with van der Waals surface area (Å²) in [4.78, 5) is 9.32. The molecule has 5 N–H and O–H groups in total. The Morgan fingerprint density at radius 2 is 1.95 bits per heavy atom. The topological polar surface area (TPSA) is 89.8 Å². The van der Waals surface area contributed by atoms with Crippen LogP contribution in [0.1, 0.15) is 12.5 Å². The quantitative estimate of drug-likeness (QED) is 0.735. The van der Waals surface area contributed by atoms with E-state index in [-0.39, 0.29) is 0 Å². The minimum atomic E-state index is 0.357. The lowest BCUT2D eigenvalue weighted by Gasteiger charge is -2.11. The van der Waals surface area contributed by atoms with Crippen molar-refractivity contribution in [3.05, 3.63) is 34.9 Å². The van der Waals surface area contributed by atoms with Gasteiger partial charge in [-0.25, -0.2) is 9.97 Å². The molecule has 5 nitrogen and oxygen atoms in total. The number of aromatic nitrogens is 2. The molecule has 0 bridgehead atoms. The first-order valence-corrected chi connectivity index (χ1v) is 7.35. The molecule has 1 aromatic carbocycles. The Hall–Kier alpha value is -1.50. The van der Waals surface area contributed by atoms with Crippen LogP contribution in [0.2, 0.25) is 5.02 Å². The molecule has 0 radical (unpaired) electrons. The predicted octanol–water partition coefficient (Wildman–Crippen LogP) is 2.56. The van der Waals surface area contributed by atoms with E-state index >= 15 is 0 Å². The Bertz CT molecular complexity index is 585. The molecule has 0 saturated carbocycles. The van der Waals surface area contributed by atoms with Gasteiger partial charge in [-0.05, 0) is 36.0 Å². The summed E-state index contributed by atoms with van der Waals surface area (Å²) in [5.74, 6) is 0.713. The van der Waals surface area contributed by atoms with Gasteiger partial charge in [0.05, 0.1) is 0 Å². The zero-order chi connectivity index (χ0) is 14.5. The molecule has 0 aliphatic heterocycles. The van der Waals surface area contributed by atoms with E-state index in [1.165, 1.54) is 17.8 Å². The van der Waals surface area contributed by atoms with Crippen molar-refractivity contribution < 1.29 is 0 Å². The van der Waals surface area contributed by atoms with Crippen molar-refractivity contribution in [3.63, 3.8) is 0 Å². The summed E-state index contributed by atoms with van der Waals surface area (Å²) in [5, 5.41) is 4.50. The van der Waals surface area contributed by atoms with Gasteiger partial charge in [-0.15, -0.1) is 0 Å². The number of hydrogen-bond acceptors (Lipinski definition) is 6. The molecule has 1 heterocycles. The molecule has 0 atom stereocenters. The van der Waals surface area contributed by atoms with Crippen LogP contribution in [0, 0.1) is 0 Å². The monoisotopic (exact) mass is 309 g/mol. The number of nitrogens with two attached hydrogens (primary N) is 2. The zero-order valence-corrected chi connectivity index (χ0v) is 12.6. The standard InChI is InChI=1S/C13H16ClN5S/c1-2-17-7-8-9(14)4-3-5-10(8)20-13-18-11(15)6-12(16)19-13/h3-6,17H,2,7H2,1H3,(H4,15,16,18,19). The van der Waals surface area contributed by atoms with Crippen LogP contribution >= 0.6 is 23.4 Å². The van der Waals surface area contributed by atoms with E-state index in [2.05, 4.69) is 15.3 Å². The molecule has 7 heteroatoms. The van der Waals surface area contributed by atoms with Gasteiger partial charge in [0.1, 0.15) is 11.6 Å². The SMILES string of the molecule is CCNCc1c(Cl)cccc1Sc1nc(N)cc(N)n1. The molecule has 106 valence electrons. The lowest BCUT2D eigenvalue weighted by Crippen LogP contribution is -2.12. The van der Waals surface area contributed by atoms with Crippen LogP contribution in [-0.2, 0) is 6.54 Å².